The molecule has 0 fully saturated rings. The normalized spacial score (nSPS) is 10.8. The number of fused-ring (bicyclic) bond motifs is 1. The number of aromatic nitrogens is 2. The van der Waals surface area contributed by atoms with Crippen LogP contribution in [0.5, 0.6) is 0 Å². The highest BCUT2D eigenvalue weighted by molar-refractivity contribution is 5.95. The maximum Gasteiger partial charge on any atom is 0.276 e. The van der Waals surface area contributed by atoms with E-state index in [2.05, 4.69) is 10.4 Å². The molecule has 0 aliphatic rings. The zero-order valence-electron chi connectivity index (χ0n) is 14.8. The van der Waals surface area contributed by atoms with Gasteiger partial charge in [0.05, 0.1) is 16.6 Å². The molecule has 4 rings (SSSR count). The molecule has 28 heavy (non-hydrogen) atoms. The number of halogens is 1. The Labute approximate surface area is 160 Å². The Balaban J connectivity index is 1.77. The van der Waals surface area contributed by atoms with E-state index >= 15 is 0 Å². The van der Waals surface area contributed by atoms with Crippen LogP contribution in [0.25, 0.3) is 16.6 Å². The maximum atomic E-state index is 13.8. The van der Waals surface area contributed by atoms with Crippen LogP contribution in [0.3, 0.4) is 0 Å². The molecule has 1 N–H and O–H groups in total. The van der Waals surface area contributed by atoms with Gasteiger partial charge in [-0.25, -0.2) is 9.07 Å². The van der Waals surface area contributed by atoms with Gasteiger partial charge in [0.1, 0.15) is 5.82 Å². The molecular formula is C22H16FN3O2. The summed E-state index contributed by atoms with van der Waals surface area (Å²) in [7, 11) is 0. The minimum Gasteiger partial charge on any atom is -0.346 e. The van der Waals surface area contributed by atoms with Crippen molar-refractivity contribution in [1.82, 2.24) is 15.1 Å². The summed E-state index contributed by atoms with van der Waals surface area (Å²) >= 11 is 0. The van der Waals surface area contributed by atoms with E-state index < -0.39 is 17.2 Å². The molecular weight excluding hydrogens is 357 g/mol. The van der Waals surface area contributed by atoms with Crippen molar-refractivity contribution in [3.8, 4) is 5.69 Å². The van der Waals surface area contributed by atoms with Crippen LogP contribution in [-0.4, -0.2) is 15.7 Å². The third-order valence-corrected chi connectivity index (χ3v) is 4.41. The monoisotopic (exact) mass is 373 g/mol. The third-order valence-electron chi connectivity index (χ3n) is 4.41. The summed E-state index contributed by atoms with van der Waals surface area (Å²) in [4.78, 5) is 25.5. The molecule has 0 bridgehead atoms. The lowest BCUT2D eigenvalue weighted by Gasteiger charge is -2.12. The molecule has 4 aromatic rings. The molecule has 0 unspecified atom stereocenters. The highest BCUT2D eigenvalue weighted by atomic mass is 19.1. The van der Waals surface area contributed by atoms with E-state index in [1.54, 1.807) is 47.1 Å². The lowest BCUT2D eigenvalue weighted by Crippen LogP contribution is -2.31. The van der Waals surface area contributed by atoms with Gasteiger partial charge in [-0.05, 0) is 30.3 Å². The quantitative estimate of drug-likeness (QED) is 0.596. The fourth-order valence-electron chi connectivity index (χ4n) is 2.99. The first-order valence-corrected chi connectivity index (χ1v) is 8.74. The third kappa shape index (κ3) is 3.27. The molecule has 0 saturated heterocycles. The number of carbonyl (C=O) groups excluding carboxylic acids is 1. The van der Waals surface area contributed by atoms with Gasteiger partial charge in [0.15, 0.2) is 5.69 Å². The number of hydrogen-bond acceptors (Lipinski definition) is 3. The molecule has 0 saturated carbocycles. The first-order chi connectivity index (χ1) is 13.6. The van der Waals surface area contributed by atoms with Crippen LogP contribution in [0, 0.1) is 5.82 Å². The molecule has 0 aliphatic heterocycles. The summed E-state index contributed by atoms with van der Waals surface area (Å²) < 4.78 is 15.3. The van der Waals surface area contributed by atoms with E-state index in [0.29, 0.717) is 16.5 Å². The number of carbonyl (C=O) groups is 1. The van der Waals surface area contributed by atoms with Gasteiger partial charge in [-0.15, -0.1) is 0 Å². The molecule has 5 nitrogen and oxygen atoms in total. The molecule has 0 aliphatic carbocycles. The molecule has 0 spiro atoms. The summed E-state index contributed by atoms with van der Waals surface area (Å²) in [5.74, 6) is -1.07. The van der Waals surface area contributed by atoms with Crippen LogP contribution in [0.1, 0.15) is 16.1 Å². The van der Waals surface area contributed by atoms with Crippen LogP contribution < -0.4 is 10.7 Å². The van der Waals surface area contributed by atoms with Crippen LogP contribution in [0.2, 0.25) is 0 Å². The molecule has 0 atom stereocenters. The Morgan fingerprint density at radius 3 is 2.39 bits per heavy atom. The highest BCUT2D eigenvalue weighted by Crippen LogP contribution is 2.15. The standard InChI is InChI=1S/C22H16FN3O2/c23-18-12-6-4-8-15(18)14-24-22(28)20-21(27)17-11-5-7-13-19(17)26(25-20)16-9-2-1-3-10-16/h1-13H,14H2,(H,24,28). The number of rotatable bonds is 4. The number of nitrogens with one attached hydrogen (secondary N) is 1. The van der Waals surface area contributed by atoms with Gasteiger partial charge in [0.2, 0.25) is 5.43 Å². The van der Waals surface area contributed by atoms with E-state index in [-0.39, 0.29) is 12.2 Å². The van der Waals surface area contributed by atoms with Crippen molar-refractivity contribution in [3.05, 3.63) is 106 Å². The summed E-state index contributed by atoms with van der Waals surface area (Å²) in [5.41, 5.74) is 0.957. The zero-order chi connectivity index (χ0) is 19.5. The van der Waals surface area contributed by atoms with Crippen LogP contribution in [-0.2, 0) is 6.54 Å². The van der Waals surface area contributed by atoms with Gasteiger partial charge < -0.3 is 5.32 Å². The molecule has 138 valence electrons. The minimum absolute atomic E-state index is 0.0369. The molecule has 1 heterocycles. The summed E-state index contributed by atoms with van der Waals surface area (Å²) in [6.45, 7) is -0.0369. The van der Waals surface area contributed by atoms with Gasteiger partial charge in [-0.2, -0.15) is 5.10 Å². The SMILES string of the molecule is O=C(NCc1ccccc1F)c1nn(-c2ccccc2)c2ccccc2c1=O. The number of amides is 1. The average molecular weight is 373 g/mol. The average Bonchev–Trinajstić information content (AvgIpc) is 2.74. The second-order valence-electron chi connectivity index (χ2n) is 6.22. The number of benzene rings is 3. The second kappa shape index (κ2) is 7.44. The van der Waals surface area contributed by atoms with Gasteiger partial charge in [-0.3, -0.25) is 9.59 Å². The highest BCUT2D eigenvalue weighted by Gasteiger charge is 2.18. The van der Waals surface area contributed by atoms with Gasteiger partial charge >= 0.3 is 0 Å². The number of hydrogen-bond donors (Lipinski definition) is 1. The molecule has 3 aromatic carbocycles. The van der Waals surface area contributed by atoms with Crippen LogP contribution >= 0.6 is 0 Å². The van der Waals surface area contributed by atoms with Crippen LogP contribution in [0.15, 0.2) is 83.7 Å². The topological polar surface area (TPSA) is 64.0 Å². The summed E-state index contributed by atoms with van der Waals surface area (Å²) in [5, 5.41) is 7.28. The zero-order valence-corrected chi connectivity index (χ0v) is 14.8. The largest absolute Gasteiger partial charge is 0.346 e. The number of nitrogens with zero attached hydrogens (tertiary/aromatic N) is 2. The van der Waals surface area contributed by atoms with Gasteiger partial charge in [0, 0.05) is 12.1 Å². The Hall–Kier alpha value is -3.80. The Kier molecular flexibility index (Phi) is 4.68. The fraction of sp³-hybridized carbons (Fsp3) is 0.0455. The summed E-state index contributed by atoms with van der Waals surface area (Å²) in [6, 6.07) is 22.4. The Bertz CT molecular complexity index is 1220. The van der Waals surface area contributed by atoms with Crippen molar-refractivity contribution in [2.75, 3.05) is 0 Å². The lowest BCUT2D eigenvalue weighted by atomic mass is 10.1. The first-order valence-electron chi connectivity index (χ1n) is 8.74. The van der Waals surface area contributed by atoms with Crippen molar-refractivity contribution in [1.29, 1.82) is 0 Å². The predicted molar refractivity (Wildman–Crippen MR) is 105 cm³/mol. The van der Waals surface area contributed by atoms with E-state index in [1.807, 2.05) is 30.3 Å². The molecule has 6 heteroatoms. The number of para-hydroxylation sites is 2. The van der Waals surface area contributed by atoms with Crippen molar-refractivity contribution < 1.29 is 9.18 Å². The van der Waals surface area contributed by atoms with Gasteiger partial charge in [0.25, 0.3) is 5.91 Å². The van der Waals surface area contributed by atoms with E-state index in [1.165, 1.54) is 6.07 Å². The van der Waals surface area contributed by atoms with Crippen molar-refractivity contribution >= 4 is 16.8 Å². The minimum atomic E-state index is -0.649. The Morgan fingerprint density at radius 1 is 0.929 bits per heavy atom. The van der Waals surface area contributed by atoms with Crippen molar-refractivity contribution in [3.63, 3.8) is 0 Å². The Morgan fingerprint density at radius 2 is 1.61 bits per heavy atom. The summed E-state index contributed by atoms with van der Waals surface area (Å²) in [6.07, 6.45) is 0. The van der Waals surface area contributed by atoms with Crippen molar-refractivity contribution in [2.45, 2.75) is 6.54 Å². The van der Waals surface area contributed by atoms with Crippen molar-refractivity contribution in [2.24, 2.45) is 0 Å². The molecule has 1 amide bonds. The van der Waals surface area contributed by atoms with E-state index in [4.69, 9.17) is 0 Å². The predicted octanol–water partition coefficient (Wildman–Crippen LogP) is 3.45. The lowest BCUT2D eigenvalue weighted by molar-refractivity contribution is 0.0943. The van der Waals surface area contributed by atoms with E-state index in [0.717, 1.165) is 5.69 Å². The second-order valence-corrected chi connectivity index (χ2v) is 6.22. The molecule has 1 aromatic heterocycles. The maximum absolute atomic E-state index is 13.8. The smallest absolute Gasteiger partial charge is 0.276 e. The molecule has 0 radical (unpaired) electrons. The first kappa shape index (κ1) is 17.6. The van der Waals surface area contributed by atoms with Gasteiger partial charge in [-0.1, -0.05) is 48.5 Å². The van der Waals surface area contributed by atoms with E-state index in [9.17, 15) is 14.0 Å². The van der Waals surface area contributed by atoms with Crippen LogP contribution in [0.4, 0.5) is 4.39 Å². The fourth-order valence-corrected chi connectivity index (χ4v) is 2.99.